The molecule has 4 saturated carbocycles. The van der Waals surface area contributed by atoms with E-state index in [4.69, 9.17) is 4.43 Å². The molecule has 4 aliphatic rings. The van der Waals surface area contributed by atoms with Crippen molar-refractivity contribution in [2.24, 2.45) is 11.8 Å². The van der Waals surface area contributed by atoms with Crippen LogP contribution in [0.25, 0.3) is 0 Å². The first-order valence-corrected chi connectivity index (χ1v) is 23.0. The predicted molar refractivity (Wildman–Crippen MR) is 180 cm³/mol. The van der Waals surface area contributed by atoms with E-state index in [0.29, 0.717) is 0 Å². The summed E-state index contributed by atoms with van der Waals surface area (Å²) in [6.45, 7) is 6.86. The predicted octanol–water partition coefficient (Wildman–Crippen LogP) is 11.7. The molecule has 0 radical (unpaired) electrons. The van der Waals surface area contributed by atoms with Crippen molar-refractivity contribution < 1.29 is 9.22 Å². The molecule has 4 rings (SSSR count). The largest absolute Gasteiger partial charge is 0.519 e. The zero-order valence-electron chi connectivity index (χ0n) is 27.0. The van der Waals surface area contributed by atoms with Gasteiger partial charge in [-0.3, -0.25) is 4.79 Å². The van der Waals surface area contributed by atoms with E-state index in [1.807, 2.05) is 0 Å². The van der Waals surface area contributed by atoms with E-state index in [1.165, 1.54) is 135 Å². The highest BCUT2D eigenvalue weighted by Gasteiger charge is 2.58. The average molecular weight is 590 g/mol. The van der Waals surface area contributed by atoms with Crippen LogP contribution < -0.4 is 0 Å². The minimum absolute atomic E-state index is 0.107. The molecular formula is C36H66O2PSi+. The van der Waals surface area contributed by atoms with E-state index in [-0.39, 0.29) is 11.9 Å². The van der Waals surface area contributed by atoms with Gasteiger partial charge in [-0.1, -0.05) is 71.4 Å². The lowest BCUT2D eigenvalue weighted by atomic mass is 9.88. The van der Waals surface area contributed by atoms with Crippen molar-refractivity contribution >= 4 is 21.5 Å². The Morgan fingerprint density at radius 3 is 1.48 bits per heavy atom. The minimum atomic E-state index is -1.97. The van der Waals surface area contributed by atoms with E-state index < -0.39 is 15.6 Å². The number of hydrogen-bond donors (Lipinski definition) is 0. The standard InChI is InChI=1S/C36H66O2PSi/c1-4-40(5-2,6-3)38-36(37)32(23-19-22-31-20-11-7-12-21-31)30-39(33-24-13-8-14-25-33,34-26-15-9-16-27-34)35-28-17-10-18-29-35/h19,22,31-35H,4-18,20-21,23-30H2,1-3H3/q+1/b22-19+. The second-order valence-electron chi connectivity index (χ2n) is 14.5. The van der Waals surface area contributed by atoms with Crippen LogP contribution in [0, 0.1) is 11.8 Å². The summed E-state index contributed by atoms with van der Waals surface area (Å²) in [5.74, 6) is 1.09. The van der Waals surface area contributed by atoms with Crippen LogP contribution in [0.5, 0.6) is 0 Å². The molecule has 0 aromatic rings. The summed E-state index contributed by atoms with van der Waals surface area (Å²) in [5, 5.41) is 0. The van der Waals surface area contributed by atoms with Gasteiger partial charge >= 0.3 is 0 Å². The van der Waals surface area contributed by atoms with Crippen LogP contribution in [0.4, 0.5) is 0 Å². The SMILES string of the molecule is CC[Si](CC)(CC)OC(=O)C(C/C=C/C1CCCCC1)C[P+](C1CCCCC1)(C1CCCCC1)C1CCCCC1. The molecule has 0 aromatic heterocycles. The monoisotopic (exact) mass is 589 g/mol. The van der Waals surface area contributed by atoms with Crippen molar-refractivity contribution in [2.45, 2.75) is 191 Å². The molecular weight excluding hydrogens is 523 g/mol. The number of allylic oxidation sites excluding steroid dienone is 2. The molecule has 0 bridgehead atoms. The van der Waals surface area contributed by atoms with E-state index >= 15 is 0 Å². The molecule has 0 amide bonds. The quantitative estimate of drug-likeness (QED) is 0.121. The highest BCUT2D eigenvalue weighted by Crippen LogP contribution is 2.78. The van der Waals surface area contributed by atoms with Gasteiger partial charge in [0.15, 0.2) is 0 Å². The summed E-state index contributed by atoms with van der Waals surface area (Å²) in [4.78, 5) is 14.4. The second-order valence-corrected chi connectivity index (χ2v) is 23.7. The number of carbonyl (C=O) groups is 1. The summed E-state index contributed by atoms with van der Waals surface area (Å²) in [6.07, 6.45) is 35.9. The summed E-state index contributed by atoms with van der Waals surface area (Å²) >= 11 is 0. The normalized spacial score (nSPS) is 24.4. The Kier molecular flexibility index (Phi) is 13.6. The third-order valence-electron chi connectivity index (χ3n) is 12.4. The molecule has 1 unspecified atom stereocenters. The molecule has 0 aliphatic heterocycles. The van der Waals surface area contributed by atoms with E-state index in [0.717, 1.165) is 47.4 Å². The van der Waals surface area contributed by atoms with Crippen molar-refractivity contribution in [3.05, 3.63) is 12.2 Å². The van der Waals surface area contributed by atoms with Crippen molar-refractivity contribution in [3.63, 3.8) is 0 Å². The molecule has 0 aromatic carbocycles. The highest BCUT2D eigenvalue weighted by atomic mass is 31.2. The molecule has 230 valence electrons. The van der Waals surface area contributed by atoms with Gasteiger partial charge in [-0.2, -0.15) is 0 Å². The Morgan fingerprint density at radius 2 is 1.07 bits per heavy atom. The number of rotatable bonds is 13. The first-order chi connectivity index (χ1) is 19.6. The second kappa shape index (κ2) is 16.6. The number of hydrogen-bond acceptors (Lipinski definition) is 2. The maximum Gasteiger partial charge on any atom is 0.299 e. The number of carbonyl (C=O) groups excluding carboxylic acids is 1. The molecule has 4 fully saturated rings. The van der Waals surface area contributed by atoms with Crippen LogP contribution in [-0.4, -0.2) is 37.4 Å². The van der Waals surface area contributed by atoms with Crippen LogP contribution in [0.15, 0.2) is 12.2 Å². The molecule has 4 heteroatoms. The van der Waals surface area contributed by atoms with Crippen molar-refractivity contribution in [1.82, 2.24) is 0 Å². The zero-order chi connectivity index (χ0) is 28.3. The van der Waals surface area contributed by atoms with Crippen molar-refractivity contribution in [2.75, 3.05) is 6.16 Å². The Bertz CT molecular complexity index is 699. The zero-order valence-corrected chi connectivity index (χ0v) is 28.9. The first-order valence-electron chi connectivity index (χ1n) is 18.3. The topological polar surface area (TPSA) is 26.3 Å². The van der Waals surface area contributed by atoms with Crippen LogP contribution >= 0.6 is 7.26 Å². The Morgan fingerprint density at radius 1 is 0.675 bits per heavy atom. The van der Waals surface area contributed by atoms with E-state index in [2.05, 4.69) is 32.9 Å². The van der Waals surface area contributed by atoms with Crippen LogP contribution in [-0.2, 0) is 9.22 Å². The third kappa shape index (κ3) is 8.27. The summed E-state index contributed by atoms with van der Waals surface area (Å²) in [5.41, 5.74) is 2.82. The minimum Gasteiger partial charge on any atom is -0.519 e. The van der Waals surface area contributed by atoms with Gasteiger partial charge in [0.1, 0.15) is 0 Å². The van der Waals surface area contributed by atoms with Gasteiger partial charge in [0.25, 0.3) is 14.3 Å². The van der Waals surface area contributed by atoms with Gasteiger partial charge in [-0.15, -0.1) is 0 Å². The van der Waals surface area contributed by atoms with Gasteiger partial charge in [0.2, 0.25) is 0 Å². The summed E-state index contributed by atoms with van der Waals surface area (Å²) < 4.78 is 6.78. The average Bonchev–Trinajstić information content (AvgIpc) is 3.03. The molecule has 40 heavy (non-hydrogen) atoms. The smallest absolute Gasteiger partial charge is 0.299 e. The van der Waals surface area contributed by atoms with E-state index in [9.17, 15) is 4.79 Å². The Labute approximate surface area is 251 Å². The fourth-order valence-corrected chi connectivity index (χ4v) is 19.9. The first kappa shape index (κ1) is 32.8. The maximum atomic E-state index is 14.4. The molecule has 4 aliphatic carbocycles. The molecule has 0 heterocycles. The maximum absolute atomic E-state index is 14.4. The van der Waals surface area contributed by atoms with Gasteiger partial charge in [0.05, 0.1) is 29.1 Å². The summed E-state index contributed by atoms with van der Waals surface area (Å²) in [6, 6.07) is 3.22. The van der Waals surface area contributed by atoms with Crippen LogP contribution in [0.2, 0.25) is 18.1 Å². The van der Waals surface area contributed by atoms with E-state index in [1.54, 1.807) is 0 Å². The Balaban J connectivity index is 1.68. The van der Waals surface area contributed by atoms with Crippen molar-refractivity contribution in [3.8, 4) is 0 Å². The molecule has 0 N–H and O–H groups in total. The van der Waals surface area contributed by atoms with Gasteiger partial charge in [-0.25, -0.2) is 0 Å². The molecule has 1 atom stereocenters. The van der Waals surface area contributed by atoms with Gasteiger partial charge < -0.3 is 4.43 Å². The molecule has 2 nitrogen and oxygen atoms in total. The Hall–Kier alpha value is -0.143. The van der Waals surface area contributed by atoms with Gasteiger partial charge in [-0.05, 0) is 120 Å². The molecule has 0 saturated heterocycles. The molecule has 0 spiro atoms. The summed E-state index contributed by atoms with van der Waals surface area (Å²) in [7, 11) is -3.28. The lowest BCUT2D eigenvalue weighted by Gasteiger charge is -2.50. The third-order valence-corrected chi connectivity index (χ3v) is 23.6. The lowest BCUT2D eigenvalue weighted by molar-refractivity contribution is -0.139. The fourth-order valence-electron chi connectivity index (χ4n) is 9.68. The lowest BCUT2D eigenvalue weighted by Crippen LogP contribution is -2.43. The van der Waals surface area contributed by atoms with Crippen molar-refractivity contribution in [1.29, 1.82) is 0 Å². The van der Waals surface area contributed by atoms with Crippen LogP contribution in [0.1, 0.15) is 156 Å². The van der Waals surface area contributed by atoms with Crippen LogP contribution in [0.3, 0.4) is 0 Å². The highest BCUT2D eigenvalue weighted by molar-refractivity contribution is 7.78. The fraction of sp³-hybridized carbons (Fsp3) is 0.917. The van der Waals surface area contributed by atoms with Gasteiger partial charge in [0, 0.05) is 7.26 Å².